The summed E-state index contributed by atoms with van der Waals surface area (Å²) in [6.45, 7) is 0.650. The Hall–Kier alpha value is -2.27. The van der Waals surface area contributed by atoms with Crippen LogP contribution in [0.5, 0.6) is 5.75 Å². The van der Waals surface area contributed by atoms with Crippen LogP contribution in [0.3, 0.4) is 0 Å². The second-order valence-corrected chi connectivity index (χ2v) is 6.42. The zero-order valence-electron chi connectivity index (χ0n) is 12.6. The van der Waals surface area contributed by atoms with Crippen molar-refractivity contribution < 1.29 is 4.74 Å². The quantitative estimate of drug-likeness (QED) is 0.790. The third-order valence-electron chi connectivity index (χ3n) is 3.86. The Kier molecular flexibility index (Phi) is 4.03. The summed E-state index contributed by atoms with van der Waals surface area (Å²) >= 11 is 1.69. The Morgan fingerprint density at radius 3 is 2.83 bits per heavy atom. The Labute approximate surface area is 139 Å². The lowest BCUT2D eigenvalue weighted by Gasteiger charge is -2.29. The van der Waals surface area contributed by atoms with Crippen LogP contribution in [0, 0.1) is 0 Å². The predicted octanol–water partition coefficient (Wildman–Crippen LogP) is 4.23. The first-order valence-electron chi connectivity index (χ1n) is 7.72. The Morgan fingerprint density at radius 2 is 1.91 bits per heavy atom. The number of ether oxygens (including phenoxy) is 1. The van der Waals surface area contributed by atoms with E-state index in [2.05, 4.69) is 23.3 Å². The number of para-hydroxylation sites is 2. The lowest BCUT2D eigenvalue weighted by atomic mass is 10.0. The highest BCUT2D eigenvalue weighted by Crippen LogP contribution is 2.40. The number of fused-ring (bicyclic) bond motifs is 3. The Balaban J connectivity index is 1.42. The first-order valence-corrected chi connectivity index (χ1v) is 8.70. The van der Waals surface area contributed by atoms with E-state index >= 15 is 0 Å². The Morgan fingerprint density at radius 1 is 1.09 bits per heavy atom. The van der Waals surface area contributed by atoms with Crippen LogP contribution in [0.25, 0.3) is 0 Å². The molecular formula is C18H17N3OS. The van der Waals surface area contributed by atoms with Crippen molar-refractivity contribution in [2.24, 2.45) is 10.1 Å². The van der Waals surface area contributed by atoms with Crippen molar-refractivity contribution in [1.82, 2.24) is 5.01 Å². The summed E-state index contributed by atoms with van der Waals surface area (Å²) in [6.07, 6.45) is 2.92. The third-order valence-corrected chi connectivity index (χ3v) is 4.77. The minimum absolute atomic E-state index is 0.293. The van der Waals surface area contributed by atoms with Gasteiger partial charge < -0.3 is 4.74 Å². The van der Waals surface area contributed by atoms with E-state index in [1.807, 2.05) is 47.6 Å². The summed E-state index contributed by atoms with van der Waals surface area (Å²) in [6, 6.07) is 18.5. The molecule has 0 saturated carbocycles. The molecule has 2 aromatic carbocycles. The van der Waals surface area contributed by atoms with Crippen molar-refractivity contribution in [3.05, 3.63) is 60.2 Å². The summed E-state index contributed by atoms with van der Waals surface area (Å²) in [5, 5.41) is 7.49. The van der Waals surface area contributed by atoms with Crippen LogP contribution in [0.1, 0.15) is 18.0 Å². The molecule has 0 fully saturated rings. The Bertz CT molecular complexity index is 745. The summed E-state index contributed by atoms with van der Waals surface area (Å²) < 4.78 is 5.75. The molecule has 2 heterocycles. The smallest absolute Gasteiger partial charge is 0.185 e. The normalized spacial score (nSPS) is 18.3. The monoisotopic (exact) mass is 323 g/mol. The SMILES string of the molecule is C1=NN2C(SCCOc3ccccc3)=Nc3ccccc3[C@@H]2C1. The lowest BCUT2D eigenvalue weighted by molar-refractivity contribution is 0.343. The molecule has 1 atom stereocenters. The van der Waals surface area contributed by atoms with Gasteiger partial charge in [0.1, 0.15) is 5.75 Å². The van der Waals surface area contributed by atoms with E-state index in [-0.39, 0.29) is 0 Å². The molecule has 0 unspecified atom stereocenters. The van der Waals surface area contributed by atoms with Crippen LogP contribution < -0.4 is 4.74 Å². The maximum absolute atomic E-state index is 5.75. The average molecular weight is 323 g/mol. The average Bonchev–Trinajstić information content (AvgIpc) is 3.10. The summed E-state index contributed by atoms with van der Waals surface area (Å²) in [5.41, 5.74) is 2.32. The van der Waals surface area contributed by atoms with E-state index in [4.69, 9.17) is 9.73 Å². The van der Waals surface area contributed by atoms with E-state index in [1.54, 1.807) is 11.8 Å². The molecule has 2 aromatic rings. The molecule has 4 nitrogen and oxygen atoms in total. The molecule has 2 aliphatic heterocycles. The van der Waals surface area contributed by atoms with Crippen LogP contribution in [-0.2, 0) is 0 Å². The molecule has 0 aliphatic carbocycles. The minimum Gasteiger partial charge on any atom is -0.493 e. The van der Waals surface area contributed by atoms with Gasteiger partial charge in [0, 0.05) is 24.0 Å². The first-order chi connectivity index (χ1) is 11.4. The molecule has 23 heavy (non-hydrogen) atoms. The van der Waals surface area contributed by atoms with Crippen molar-refractivity contribution >= 4 is 28.8 Å². The van der Waals surface area contributed by atoms with E-state index in [0.29, 0.717) is 12.6 Å². The van der Waals surface area contributed by atoms with E-state index in [0.717, 1.165) is 28.8 Å². The molecule has 2 aliphatic rings. The maximum Gasteiger partial charge on any atom is 0.185 e. The first kappa shape index (κ1) is 14.3. The molecular weight excluding hydrogens is 306 g/mol. The predicted molar refractivity (Wildman–Crippen MR) is 95.6 cm³/mol. The van der Waals surface area contributed by atoms with Crippen LogP contribution >= 0.6 is 11.8 Å². The van der Waals surface area contributed by atoms with Crippen LogP contribution in [-0.4, -0.2) is 28.8 Å². The zero-order chi connectivity index (χ0) is 15.5. The molecule has 0 bridgehead atoms. The highest BCUT2D eigenvalue weighted by atomic mass is 32.2. The van der Waals surface area contributed by atoms with Gasteiger partial charge in [-0.3, -0.25) is 0 Å². The van der Waals surface area contributed by atoms with Gasteiger partial charge in [0.2, 0.25) is 0 Å². The number of rotatable bonds is 4. The molecule has 0 N–H and O–H groups in total. The van der Waals surface area contributed by atoms with Crippen molar-refractivity contribution in [1.29, 1.82) is 0 Å². The van der Waals surface area contributed by atoms with Crippen molar-refractivity contribution in [3.63, 3.8) is 0 Å². The number of benzene rings is 2. The van der Waals surface area contributed by atoms with Gasteiger partial charge in [-0.1, -0.05) is 48.2 Å². The number of nitrogens with zero attached hydrogens (tertiary/aromatic N) is 3. The highest BCUT2D eigenvalue weighted by molar-refractivity contribution is 8.13. The number of amidine groups is 1. The summed E-state index contributed by atoms with van der Waals surface area (Å²) in [5.74, 6) is 1.75. The number of hydrogen-bond donors (Lipinski definition) is 0. The van der Waals surface area contributed by atoms with Gasteiger partial charge in [-0.25, -0.2) is 10.0 Å². The van der Waals surface area contributed by atoms with Gasteiger partial charge in [0.15, 0.2) is 5.17 Å². The number of hydrazone groups is 1. The van der Waals surface area contributed by atoms with Gasteiger partial charge in [0.25, 0.3) is 0 Å². The van der Waals surface area contributed by atoms with Gasteiger partial charge in [-0.2, -0.15) is 5.10 Å². The molecule has 0 radical (unpaired) electrons. The lowest BCUT2D eigenvalue weighted by Crippen LogP contribution is -2.28. The van der Waals surface area contributed by atoms with E-state index in [1.165, 1.54) is 5.56 Å². The van der Waals surface area contributed by atoms with Crippen LogP contribution in [0.15, 0.2) is 64.7 Å². The van der Waals surface area contributed by atoms with E-state index < -0.39 is 0 Å². The number of aliphatic imine (C=N–C) groups is 1. The van der Waals surface area contributed by atoms with Crippen LogP contribution in [0.2, 0.25) is 0 Å². The highest BCUT2D eigenvalue weighted by Gasteiger charge is 2.32. The topological polar surface area (TPSA) is 37.2 Å². The molecule has 0 amide bonds. The number of thioether (sulfide) groups is 1. The minimum atomic E-state index is 0.293. The standard InChI is InChI=1S/C18H17N3OS/c1-2-6-14(7-3-1)22-12-13-23-18-20-16-9-5-4-8-15(16)17-10-11-19-21(17)18/h1-9,11,17H,10,12-13H2/t17-/m0/s1. The molecule has 0 saturated heterocycles. The van der Waals surface area contributed by atoms with Crippen molar-refractivity contribution in [2.45, 2.75) is 12.5 Å². The fourth-order valence-corrected chi connectivity index (χ4v) is 3.61. The van der Waals surface area contributed by atoms with Gasteiger partial charge in [-0.05, 0) is 18.2 Å². The molecule has 116 valence electrons. The fraction of sp³-hybridized carbons (Fsp3) is 0.222. The largest absolute Gasteiger partial charge is 0.493 e. The summed E-state index contributed by atoms with van der Waals surface area (Å²) in [7, 11) is 0. The van der Waals surface area contributed by atoms with Crippen LogP contribution in [0.4, 0.5) is 5.69 Å². The second kappa shape index (κ2) is 6.46. The third kappa shape index (κ3) is 2.97. The van der Waals surface area contributed by atoms with Gasteiger partial charge in [-0.15, -0.1) is 0 Å². The molecule has 0 aromatic heterocycles. The van der Waals surface area contributed by atoms with Crippen molar-refractivity contribution in [3.8, 4) is 5.75 Å². The summed E-state index contributed by atoms with van der Waals surface area (Å²) in [4.78, 5) is 4.77. The van der Waals surface area contributed by atoms with Gasteiger partial charge >= 0.3 is 0 Å². The zero-order valence-corrected chi connectivity index (χ0v) is 13.4. The molecule has 5 heteroatoms. The fourth-order valence-electron chi connectivity index (χ4n) is 2.79. The van der Waals surface area contributed by atoms with Crippen molar-refractivity contribution in [2.75, 3.05) is 12.4 Å². The second-order valence-electron chi connectivity index (χ2n) is 5.36. The molecule has 4 rings (SSSR count). The van der Waals surface area contributed by atoms with Gasteiger partial charge in [0.05, 0.1) is 18.3 Å². The van der Waals surface area contributed by atoms with E-state index in [9.17, 15) is 0 Å². The molecule has 0 spiro atoms. The number of hydrogen-bond acceptors (Lipinski definition) is 5. The maximum atomic E-state index is 5.75.